The summed E-state index contributed by atoms with van der Waals surface area (Å²) in [7, 11) is 0. The lowest BCUT2D eigenvalue weighted by molar-refractivity contribution is 0.0327. The quantitative estimate of drug-likeness (QED) is 0.616. The Labute approximate surface area is 117 Å². The highest BCUT2D eigenvalue weighted by Gasteiger charge is 2.16. The van der Waals surface area contributed by atoms with Gasteiger partial charge in [0, 0.05) is 6.61 Å². The topological polar surface area (TPSA) is 9.23 Å². The summed E-state index contributed by atoms with van der Waals surface area (Å²) in [4.78, 5) is 0. The first-order valence-electron chi connectivity index (χ1n) is 7.27. The molecule has 19 heavy (non-hydrogen) atoms. The molecule has 0 spiro atoms. The van der Waals surface area contributed by atoms with E-state index in [1.54, 1.807) is 0 Å². The lowest BCUT2D eigenvalue weighted by atomic mass is 9.86. The molecule has 0 N–H and O–H groups in total. The summed E-state index contributed by atoms with van der Waals surface area (Å²) in [6.07, 6.45) is 2.89. The SMILES string of the molecule is CCCCCOC(CF)c1ccc(C(C)(C)C)cc1. The summed E-state index contributed by atoms with van der Waals surface area (Å²) < 4.78 is 18.7. The number of hydrogen-bond donors (Lipinski definition) is 0. The van der Waals surface area contributed by atoms with Crippen molar-refractivity contribution in [1.29, 1.82) is 0 Å². The van der Waals surface area contributed by atoms with Gasteiger partial charge in [0.05, 0.1) is 0 Å². The molecule has 1 unspecified atom stereocenters. The molecule has 0 aromatic heterocycles. The molecule has 0 aliphatic rings. The molecule has 108 valence electrons. The predicted molar refractivity (Wildman–Crippen MR) is 79.3 cm³/mol. The zero-order valence-corrected chi connectivity index (χ0v) is 12.7. The van der Waals surface area contributed by atoms with Crippen molar-refractivity contribution in [3.05, 3.63) is 35.4 Å². The van der Waals surface area contributed by atoms with Crippen molar-refractivity contribution < 1.29 is 9.13 Å². The monoisotopic (exact) mass is 266 g/mol. The standard InChI is InChI=1S/C17H27FO/c1-5-6-7-12-19-16(13-18)14-8-10-15(11-9-14)17(2,3)4/h8-11,16H,5-7,12-13H2,1-4H3. The van der Waals surface area contributed by atoms with Crippen LogP contribution in [0.5, 0.6) is 0 Å². The predicted octanol–water partition coefficient (Wildman–Crippen LogP) is 5.20. The molecule has 1 aromatic carbocycles. The second-order valence-corrected chi connectivity index (χ2v) is 6.09. The summed E-state index contributed by atoms with van der Waals surface area (Å²) >= 11 is 0. The summed E-state index contributed by atoms with van der Waals surface area (Å²) in [5.41, 5.74) is 2.33. The number of ether oxygens (including phenoxy) is 1. The van der Waals surface area contributed by atoms with Crippen LogP contribution in [0.25, 0.3) is 0 Å². The first-order valence-corrected chi connectivity index (χ1v) is 7.27. The molecule has 0 aliphatic carbocycles. The Balaban J connectivity index is 2.61. The van der Waals surface area contributed by atoms with Crippen LogP contribution < -0.4 is 0 Å². The van der Waals surface area contributed by atoms with Gasteiger partial charge in [0.2, 0.25) is 0 Å². The van der Waals surface area contributed by atoms with Gasteiger partial charge in [0.25, 0.3) is 0 Å². The average Bonchev–Trinajstić information content (AvgIpc) is 2.38. The zero-order chi connectivity index (χ0) is 14.3. The Morgan fingerprint density at radius 1 is 1.11 bits per heavy atom. The number of benzene rings is 1. The van der Waals surface area contributed by atoms with Crippen molar-refractivity contribution >= 4 is 0 Å². The van der Waals surface area contributed by atoms with E-state index in [0.29, 0.717) is 6.61 Å². The van der Waals surface area contributed by atoms with E-state index in [-0.39, 0.29) is 5.41 Å². The summed E-state index contributed by atoms with van der Waals surface area (Å²) in [6.45, 7) is 8.87. The van der Waals surface area contributed by atoms with Gasteiger partial charge < -0.3 is 4.74 Å². The number of halogens is 1. The molecule has 1 aromatic rings. The van der Waals surface area contributed by atoms with Crippen LogP contribution in [0.1, 0.15) is 64.2 Å². The van der Waals surface area contributed by atoms with Crippen molar-refractivity contribution in [2.45, 2.75) is 58.5 Å². The van der Waals surface area contributed by atoms with Crippen molar-refractivity contribution in [2.75, 3.05) is 13.3 Å². The minimum Gasteiger partial charge on any atom is -0.371 e. The fourth-order valence-corrected chi connectivity index (χ4v) is 2.01. The normalized spacial score (nSPS) is 13.5. The lowest BCUT2D eigenvalue weighted by Crippen LogP contribution is -2.12. The zero-order valence-electron chi connectivity index (χ0n) is 12.7. The Hall–Kier alpha value is -0.890. The van der Waals surface area contributed by atoms with Crippen LogP contribution in [0, 0.1) is 0 Å². The van der Waals surface area contributed by atoms with Crippen molar-refractivity contribution in [1.82, 2.24) is 0 Å². The van der Waals surface area contributed by atoms with E-state index in [0.717, 1.165) is 24.8 Å². The van der Waals surface area contributed by atoms with E-state index < -0.39 is 12.8 Å². The van der Waals surface area contributed by atoms with E-state index >= 15 is 0 Å². The number of alkyl halides is 1. The molecule has 0 fully saturated rings. The summed E-state index contributed by atoms with van der Waals surface area (Å²) in [5, 5.41) is 0. The Kier molecular flexibility index (Phi) is 6.50. The highest BCUT2D eigenvalue weighted by atomic mass is 19.1. The third kappa shape index (κ3) is 5.32. The fourth-order valence-electron chi connectivity index (χ4n) is 2.01. The first-order chi connectivity index (χ1) is 8.99. The molecule has 1 nitrogen and oxygen atoms in total. The van der Waals surface area contributed by atoms with Crippen molar-refractivity contribution in [3.8, 4) is 0 Å². The van der Waals surface area contributed by atoms with Gasteiger partial charge in [-0.3, -0.25) is 0 Å². The molecule has 0 aliphatic heterocycles. The number of rotatable bonds is 7. The van der Waals surface area contributed by atoms with E-state index in [1.165, 1.54) is 5.56 Å². The maximum absolute atomic E-state index is 13.1. The van der Waals surface area contributed by atoms with Gasteiger partial charge in [-0.2, -0.15) is 0 Å². The molecule has 1 atom stereocenters. The van der Waals surface area contributed by atoms with E-state index in [4.69, 9.17) is 4.74 Å². The van der Waals surface area contributed by atoms with Gasteiger partial charge in [-0.15, -0.1) is 0 Å². The molecule has 2 heteroatoms. The second-order valence-electron chi connectivity index (χ2n) is 6.09. The molecule has 1 rings (SSSR count). The molecule has 0 radical (unpaired) electrons. The van der Waals surface area contributed by atoms with Crippen LogP contribution >= 0.6 is 0 Å². The van der Waals surface area contributed by atoms with E-state index in [9.17, 15) is 4.39 Å². The Morgan fingerprint density at radius 2 is 1.74 bits per heavy atom. The minimum atomic E-state index is -0.457. The van der Waals surface area contributed by atoms with Crippen LogP contribution in [-0.2, 0) is 10.2 Å². The summed E-state index contributed by atoms with van der Waals surface area (Å²) in [5.74, 6) is 0. The van der Waals surface area contributed by atoms with Crippen LogP contribution in [0.4, 0.5) is 4.39 Å². The largest absolute Gasteiger partial charge is 0.371 e. The second kappa shape index (κ2) is 7.64. The van der Waals surface area contributed by atoms with Crippen LogP contribution in [0.2, 0.25) is 0 Å². The van der Waals surface area contributed by atoms with Gasteiger partial charge in [-0.25, -0.2) is 4.39 Å². The van der Waals surface area contributed by atoms with E-state index in [2.05, 4.69) is 39.8 Å². The summed E-state index contributed by atoms with van der Waals surface area (Å²) in [6, 6.07) is 8.14. The average molecular weight is 266 g/mol. The Bertz CT molecular complexity index is 351. The number of unbranched alkanes of at least 4 members (excludes halogenated alkanes) is 2. The fraction of sp³-hybridized carbons (Fsp3) is 0.647. The third-order valence-corrected chi connectivity index (χ3v) is 3.36. The molecular weight excluding hydrogens is 239 g/mol. The van der Waals surface area contributed by atoms with E-state index in [1.807, 2.05) is 12.1 Å². The van der Waals surface area contributed by atoms with Gasteiger partial charge in [-0.05, 0) is 23.0 Å². The lowest BCUT2D eigenvalue weighted by Gasteiger charge is -2.21. The van der Waals surface area contributed by atoms with Crippen molar-refractivity contribution in [2.24, 2.45) is 0 Å². The first kappa shape index (κ1) is 16.2. The van der Waals surface area contributed by atoms with Gasteiger partial charge in [-0.1, -0.05) is 64.8 Å². The van der Waals surface area contributed by atoms with Crippen molar-refractivity contribution in [3.63, 3.8) is 0 Å². The Morgan fingerprint density at radius 3 is 2.21 bits per heavy atom. The molecular formula is C17H27FO. The highest BCUT2D eigenvalue weighted by molar-refractivity contribution is 5.28. The third-order valence-electron chi connectivity index (χ3n) is 3.36. The van der Waals surface area contributed by atoms with Crippen LogP contribution in [0.3, 0.4) is 0 Å². The minimum absolute atomic E-state index is 0.131. The number of hydrogen-bond acceptors (Lipinski definition) is 1. The molecule has 0 saturated heterocycles. The van der Waals surface area contributed by atoms with Crippen LogP contribution in [0.15, 0.2) is 24.3 Å². The molecule has 0 heterocycles. The molecule has 0 saturated carbocycles. The van der Waals surface area contributed by atoms with Gasteiger partial charge in [0.15, 0.2) is 0 Å². The smallest absolute Gasteiger partial charge is 0.120 e. The van der Waals surface area contributed by atoms with Gasteiger partial charge in [0.1, 0.15) is 12.8 Å². The molecule has 0 amide bonds. The van der Waals surface area contributed by atoms with Crippen LogP contribution in [-0.4, -0.2) is 13.3 Å². The maximum atomic E-state index is 13.1. The highest BCUT2D eigenvalue weighted by Crippen LogP contribution is 2.25. The van der Waals surface area contributed by atoms with Gasteiger partial charge >= 0.3 is 0 Å². The maximum Gasteiger partial charge on any atom is 0.120 e. The molecule has 0 bridgehead atoms.